The van der Waals surface area contributed by atoms with Gasteiger partial charge in [0, 0.05) is 18.5 Å². The quantitative estimate of drug-likeness (QED) is 0.513. The Labute approximate surface area is 154 Å². The zero-order valence-corrected chi connectivity index (χ0v) is 14.8. The van der Waals surface area contributed by atoms with E-state index in [1.54, 1.807) is 37.6 Å². The van der Waals surface area contributed by atoms with Crippen molar-refractivity contribution in [2.75, 3.05) is 13.0 Å². The number of thioether (sulfide) groups is 1. The summed E-state index contributed by atoms with van der Waals surface area (Å²) in [5, 5.41) is 0.690. The van der Waals surface area contributed by atoms with Crippen LogP contribution in [0.2, 0.25) is 0 Å². The van der Waals surface area contributed by atoms with Crippen molar-refractivity contribution >= 4 is 23.6 Å². The van der Waals surface area contributed by atoms with Crippen LogP contribution in [0.1, 0.15) is 20.7 Å². The Hall–Kier alpha value is -3.06. The molecule has 7 heteroatoms. The summed E-state index contributed by atoms with van der Waals surface area (Å²) in [5.41, 5.74) is 1.80. The van der Waals surface area contributed by atoms with E-state index in [9.17, 15) is 9.59 Å². The number of amides is 2. The maximum Gasteiger partial charge on any atom is 0.262 e. The third-order valence-electron chi connectivity index (χ3n) is 4.14. The van der Waals surface area contributed by atoms with Crippen molar-refractivity contribution in [3.05, 3.63) is 72.1 Å². The van der Waals surface area contributed by atoms with Crippen LogP contribution >= 0.6 is 11.8 Å². The fourth-order valence-corrected chi connectivity index (χ4v) is 3.75. The summed E-state index contributed by atoms with van der Waals surface area (Å²) in [4.78, 5) is 30.5. The molecule has 3 aromatic rings. The molecule has 0 saturated carbocycles. The Bertz CT molecular complexity index is 964. The number of nitrogens with zero attached hydrogens (tertiary/aromatic N) is 3. The van der Waals surface area contributed by atoms with Crippen molar-refractivity contribution in [2.45, 2.75) is 5.16 Å². The largest absolute Gasteiger partial charge is 0.497 e. The number of methoxy groups -OCH3 is 1. The molecule has 26 heavy (non-hydrogen) atoms. The fraction of sp³-hybridized carbons (Fsp3) is 0.105. The van der Waals surface area contributed by atoms with Gasteiger partial charge in [0.1, 0.15) is 5.75 Å². The molecule has 0 aliphatic carbocycles. The molecule has 130 valence electrons. The van der Waals surface area contributed by atoms with Crippen molar-refractivity contribution < 1.29 is 14.3 Å². The van der Waals surface area contributed by atoms with E-state index in [1.165, 1.54) is 16.7 Å². The van der Waals surface area contributed by atoms with Crippen molar-refractivity contribution in [1.29, 1.82) is 0 Å². The average Bonchev–Trinajstić information content (AvgIpc) is 3.24. The van der Waals surface area contributed by atoms with E-state index in [4.69, 9.17) is 4.74 Å². The van der Waals surface area contributed by atoms with Crippen LogP contribution in [0.15, 0.2) is 66.1 Å². The highest BCUT2D eigenvalue weighted by Gasteiger charge is 2.35. The number of hydrogen-bond acceptors (Lipinski definition) is 5. The number of hydrogen-bond donors (Lipinski definition) is 0. The lowest BCUT2D eigenvalue weighted by Crippen LogP contribution is -2.29. The minimum Gasteiger partial charge on any atom is -0.497 e. The van der Waals surface area contributed by atoms with E-state index in [0.29, 0.717) is 16.3 Å². The van der Waals surface area contributed by atoms with Crippen molar-refractivity contribution in [3.63, 3.8) is 0 Å². The molecular formula is C19H15N3O3S. The first-order valence-electron chi connectivity index (χ1n) is 7.95. The van der Waals surface area contributed by atoms with Crippen molar-refractivity contribution in [3.8, 4) is 11.4 Å². The number of benzene rings is 2. The van der Waals surface area contributed by atoms with Gasteiger partial charge in [-0.15, -0.1) is 0 Å². The number of imide groups is 1. The third-order valence-corrected chi connectivity index (χ3v) is 5.09. The topological polar surface area (TPSA) is 64.4 Å². The summed E-state index contributed by atoms with van der Waals surface area (Å²) in [6.07, 6.45) is 3.52. The Balaban J connectivity index is 1.54. The lowest BCUT2D eigenvalue weighted by atomic mass is 10.1. The van der Waals surface area contributed by atoms with Gasteiger partial charge in [0.25, 0.3) is 11.8 Å². The Morgan fingerprint density at radius 1 is 1.04 bits per heavy atom. The highest BCUT2D eigenvalue weighted by atomic mass is 32.2. The molecule has 0 fully saturated rings. The second-order valence-corrected chi connectivity index (χ2v) is 6.55. The zero-order valence-electron chi connectivity index (χ0n) is 14.0. The van der Waals surface area contributed by atoms with Gasteiger partial charge in [-0.1, -0.05) is 30.0 Å². The molecule has 0 unspecified atom stereocenters. The molecule has 0 N–H and O–H groups in total. The summed E-state index contributed by atoms with van der Waals surface area (Å²) in [6.45, 7) is 0. The minimum atomic E-state index is -0.266. The number of fused-ring (bicyclic) bond motifs is 1. The van der Waals surface area contributed by atoms with Crippen LogP contribution in [-0.4, -0.2) is 39.3 Å². The van der Waals surface area contributed by atoms with Crippen LogP contribution in [-0.2, 0) is 0 Å². The Kier molecular flexibility index (Phi) is 4.22. The van der Waals surface area contributed by atoms with Crippen LogP contribution in [0, 0.1) is 0 Å². The second-order valence-electron chi connectivity index (χ2n) is 5.64. The smallest absolute Gasteiger partial charge is 0.262 e. The second kappa shape index (κ2) is 6.68. The molecule has 4 rings (SSSR count). The monoisotopic (exact) mass is 365 g/mol. The van der Waals surface area contributed by atoms with Gasteiger partial charge in [-0.3, -0.25) is 19.1 Å². The highest BCUT2D eigenvalue weighted by Crippen LogP contribution is 2.28. The summed E-state index contributed by atoms with van der Waals surface area (Å²) < 4.78 is 7.15. The van der Waals surface area contributed by atoms with Gasteiger partial charge >= 0.3 is 0 Å². The maximum atomic E-state index is 12.5. The number of carbonyl (C=O) groups is 2. The SMILES string of the molecule is COc1cccc(-n2ccnc2SCN2C(=O)c3ccccc3C2=O)c1. The Morgan fingerprint density at radius 3 is 2.46 bits per heavy atom. The average molecular weight is 365 g/mol. The number of rotatable bonds is 5. The van der Waals surface area contributed by atoms with Gasteiger partial charge in [0.05, 0.1) is 29.8 Å². The molecule has 1 aliphatic heterocycles. The van der Waals surface area contributed by atoms with Gasteiger partial charge in [0.2, 0.25) is 0 Å². The van der Waals surface area contributed by atoms with Crippen LogP contribution in [0.3, 0.4) is 0 Å². The van der Waals surface area contributed by atoms with Crippen LogP contribution < -0.4 is 4.74 Å². The molecule has 0 atom stereocenters. The summed E-state index contributed by atoms with van der Waals surface area (Å²) in [6, 6.07) is 14.5. The summed E-state index contributed by atoms with van der Waals surface area (Å²) in [7, 11) is 1.62. The van der Waals surface area contributed by atoms with Gasteiger partial charge in [-0.2, -0.15) is 0 Å². The standard InChI is InChI=1S/C19H15N3O3S/c1-25-14-6-4-5-13(11-14)21-10-9-20-19(21)26-12-22-17(23)15-7-2-3-8-16(15)18(22)24/h2-11H,12H2,1H3. The minimum absolute atomic E-state index is 0.202. The molecule has 0 radical (unpaired) electrons. The fourth-order valence-electron chi connectivity index (χ4n) is 2.83. The van der Waals surface area contributed by atoms with Crippen LogP contribution in [0.5, 0.6) is 5.75 Å². The van der Waals surface area contributed by atoms with Gasteiger partial charge < -0.3 is 4.74 Å². The van der Waals surface area contributed by atoms with Gasteiger partial charge in [-0.25, -0.2) is 4.98 Å². The molecule has 1 aliphatic rings. The zero-order chi connectivity index (χ0) is 18.1. The summed E-state index contributed by atoms with van der Waals surface area (Å²) >= 11 is 1.33. The predicted octanol–water partition coefficient (Wildman–Crippen LogP) is 3.23. The molecular weight excluding hydrogens is 350 g/mol. The molecule has 2 amide bonds. The van der Waals surface area contributed by atoms with E-state index < -0.39 is 0 Å². The first-order valence-corrected chi connectivity index (χ1v) is 8.93. The molecule has 6 nitrogen and oxygen atoms in total. The van der Waals surface area contributed by atoms with E-state index in [0.717, 1.165) is 11.4 Å². The van der Waals surface area contributed by atoms with E-state index in [1.807, 2.05) is 35.0 Å². The van der Waals surface area contributed by atoms with E-state index >= 15 is 0 Å². The summed E-state index contributed by atoms with van der Waals surface area (Å²) in [5.74, 6) is 0.413. The number of carbonyl (C=O) groups excluding carboxylic acids is 2. The molecule has 1 aromatic heterocycles. The lowest BCUT2D eigenvalue weighted by Gasteiger charge is -2.14. The van der Waals surface area contributed by atoms with Gasteiger partial charge in [0.15, 0.2) is 5.16 Å². The van der Waals surface area contributed by atoms with E-state index in [2.05, 4.69) is 4.98 Å². The van der Waals surface area contributed by atoms with E-state index in [-0.39, 0.29) is 17.7 Å². The first kappa shape index (κ1) is 16.4. The Morgan fingerprint density at radius 2 is 1.77 bits per heavy atom. The molecule has 0 saturated heterocycles. The molecule has 2 aromatic carbocycles. The first-order chi connectivity index (χ1) is 12.7. The normalized spacial score (nSPS) is 13.2. The number of aromatic nitrogens is 2. The van der Waals surface area contributed by atoms with Crippen LogP contribution in [0.25, 0.3) is 5.69 Å². The third kappa shape index (κ3) is 2.76. The lowest BCUT2D eigenvalue weighted by molar-refractivity contribution is 0.0684. The maximum absolute atomic E-state index is 12.5. The number of imidazole rings is 1. The van der Waals surface area contributed by atoms with Crippen molar-refractivity contribution in [2.24, 2.45) is 0 Å². The molecule has 2 heterocycles. The van der Waals surface area contributed by atoms with Crippen LogP contribution in [0.4, 0.5) is 0 Å². The number of ether oxygens (including phenoxy) is 1. The van der Waals surface area contributed by atoms with Gasteiger partial charge in [-0.05, 0) is 24.3 Å². The van der Waals surface area contributed by atoms with Crippen molar-refractivity contribution in [1.82, 2.24) is 14.5 Å². The molecule has 0 spiro atoms. The molecule has 0 bridgehead atoms. The highest BCUT2D eigenvalue weighted by molar-refractivity contribution is 7.99. The predicted molar refractivity (Wildman–Crippen MR) is 97.8 cm³/mol.